The molecule has 0 aromatic heterocycles. The maximum atomic E-state index is 12.7. The van der Waals surface area contributed by atoms with Crippen LogP contribution in [0.25, 0.3) is 0 Å². The van der Waals surface area contributed by atoms with E-state index in [1.165, 1.54) is 0 Å². The lowest BCUT2D eigenvalue weighted by Crippen LogP contribution is -2.27. The molecule has 3 aromatic rings. The molecule has 3 aromatic carbocycles. The van der Waals surface area contributed by atoms with Gasteiger partial charge < -0.3 is 15.0 Å². The van der Waals surface area contributed by atoms with Crippen molar-refractivity contribution in [3.05, 3.63) is 94.5 Å². The minimum absolute atomic E-state index is 0.0850. The largest absolute Gasteiger partial charge is 0.494 e. The van der Waals surface area contributed by atoms with E-state index < -0.39 is 0 Å². The molecule has 2 amide bonds. The summed E-state index contributed by atoms with van der Waals surface area (Å²) in [6.07, 6.45) is 0. The second kappa shape index (κ2) is 10.1. The van der Waals surface area contributed by atoms with Gasteiger partial charge in [0.05, 0.1) is 12.4 Å². The van der Waals surface area contributed by atoms with Crippen LogP contribution in [0.3, 0.4) is 0 Å². The van der Waals surface area contributed by atoms with Gasteiger partial charge in [-0.15, -0.1) is 11.8 Å². The number of thioether (sulfide) groups is 1. The van der Waals surface area contributed by atoms with Crippen LogP contribution in [0.1, 0.15) is 33.8 Å². The van der Waals surface area contributed by atoms with Crippen LogP contribution in [0.5, 0.6) is 5.75 Å². The van der Waals surface area contributed by atoms with E-state index in [0.717, 1.165) is 11.1 Å². The van der Waals surface area contributed by atoms with Gasteiger partial charge in [0, 0.05) is 28.9 Å². The minimum atomic E-state index is -0.196. The Morgan fingerprint density at radius 2 is 1.88 bits per heavy atom. The van der Waals surface area contributed by atoms with Gasteiger partial charge >= 0.3 is 0 Å². The fourth-order valence-corrected chi connectivity index (χ4v) is 4.83. The minimum Gasteiger partial charge on any atom is -0.494 e. The quantitative estimate of drug-likeness (QED) is 0.480. The Kier molecular flexibility index (Phi) is 7.02. The summed E-state index contributed by atoms with van der Waals surface area (Å²) < 4.78 is 5.48. The standard InChI is InChI=1S/C25H23ClN2O3S/c1-2-31-22-5-3-4-21(14-22)27-24(30)18-8-10-19(11-9-18)25-28(23(29)16-32-25)15-17-6-12-20(26)13-7-17/h3-14,25H,2,15-16H2,1H3,(H,27,30)/t25-/m0/s1. The normalized spacial score (nSPS) is 15.6. The van der Waals surface area contributed by atoms with E-state index in [9.17, 15) is 9.59 Å². The molecular weight excluding hydrogens is 444 g/mol. The smallest absolute Gasteiger partial charge is 0.255 e. The third kappa shape index (κ3) is 5.26. The maximum Gasteiger partial charge on any atom is 0.255 e. The summed E-state index contributed by atoms with van der Waals surface area (Å²) in [5.41, 5.74) is 3.25. The molecule has 0 bridgehead atoms. The number of carbonyl (C=O) groups excluding carboxylic acids is 2. The number of nitrogens with zero attached hydrogens (tertiary/aromatic N) is 1. The summed E-state index contributed by atoms with van der Waals surface area (Å²) in [5.74, 6) is 1.06. The van der Waals surface area contributed by atoms with Gasteiger partial charge in [0.1, 0.15) is 11.1 Å². The Balaban J connectivity index is 1.45. The van der Waals surface area contributed by atoms with Crippen LogP contribution in [-0.4, -0.2) is 29.1 Å². The van der Waals surface area contributed by atoms with E-state index in [4.69, 9.17) is 16.3 Å². The predicted molar refractivity (Wildman–Crippen MR) is 129 cm³/mol. The van der Waals surface area contributed by atoms with Crippen LogP contribution in [0.15, 0.2) is 72.8 Å². The molecule has 5 nitrogen and oxygen atoms in total. The van der Waals surface area contributed by atoms with Crippen molar-refractivity contribution >= 4 is 40.9 Å². The summed E-state index contributed by atoms with van der Waals surface area (Å²) >= 11 is 7.56. The number of benzene rings is 3. The van der Waals surface area contributed by atoms with Gasteiger partial charge in [-0.3, -0.25) is 9.59 Å². The molecule has 164 valence electrons. The fraction of sp³-hybridized carbons (Fsp3) is 0.200. The molecule has 0 unspecified atom stereocenters. The highest BCUT2D eigenvalue weighted by atomic mass is 35.5. The molecular formula is C25H23ClN2O3S. The number of halogens is 1. The van der Waals surface area contributed by atoms with Gasteiger partial charge in [-0.1, -0.05) is 41.9 Å². The molecule has 0 radical (unpaired) electrons. The Hall–Kier alpha value is -2.96. The summed E-state index contributed by atoms with van der Waals surface area (Å²) in [4.78, 5) is 27.0. The van der Waals surface area contributed by atoms with Crippen molar-refractivity contribution in [1.29, 1.82) is 0 Å². The van der Waals surface area contributed by atoms with Crippen LogP contribution in [-0.2, 0) is 11.3 Å². The lowest BCUT2D eigenvalue weighted by atomic mass is 10.1. The molecule has 7 heteroatoms. The highest BCUT2D eigenvalue weighted by Crippen LogP contribution is 2.39. The third-order valence-electron chi connectivity index (χ3n) is 5.10. The van der Waals surface area contributed by atoms with E-state index in [1.54, 1.807) is 30.0 Å². The average Bonchev–Trinajstić information content (AvgIpc) is 3.16. The molecule has 1 heterocycles. The molecule has 1 N–H and O–H groups in total. The van der Waals surface area contributed by atoms with Gasteiger partial charge in [-0.05, 0) is 54.4 Å². The Morgan fingerprint density at radius 1 is 1.12 bits per heavy atom. The first-order valence-corrected chi connectivity index (χ1v) is 11.8. The highest BCUT2D eigenvalue weighted by molar-refractivity contribution is 8.00. The maximum absolute atomic E-state index is 12.7. The van der Waals surface area contributed by atoms with E-state index in [2.05, 4.69) is 5.32 Å². The molecule has 1 saturated heterocycles. The van der Waals surface area contributed by atoms with Crippen LogP contribution in [0.4, 0.5) is 5.69 Å². The summed E-state index contributed by atoms with van der Waals surface area (Å²) in [6, 6.07) is 22.3. The van der Waals surface area contributed by atoms with Gasteiger partial charge in [0.25, 0.3) is 5.91 Å². The van der Waals surface area contributed by atoms with Crippen LogP contribution < -0.4 is 10.1 Å². The number of nitrogens with one attached hydrogen (secondary N) is 1. The second-order valence-electron chi connectivity index (χ2n) is 7.35. The number of ether oxygens (including phenoxy) is 1. The van der Waals surface area contributed by atoms with Crippen molar-refractivity contribution in [2.24, 2.45) is 0 Å². The molecule has 32 heavy (non-hydrogen) atoms. The van der Waals surface area contributed by atoms with E-state index >= 15 is 0 Å². The first kappa shape index (κ1) is 22.2. The molecule has 4 rings (SSSR count). The third-order valence-corrected chi connectivity index (χ3v) is 6.60. The van der Waals surface area contributed by atoms with Crippen LogP contribution in [0, 0.1) is 0 Å². The van der Waals surface area contributed by atoms with E-state index in [-0.39, 0.29) is 17.2 Å². The number of amides is 2. The van der Waals surface area contributed by atoms with Crippen molar-refractivity contribution in [3.63, 3.8) is 0 Å². The van der Waals surface area contributed by atoms with Gasteiger partial charge in [-0.25, -0.2) is 0 Å². The highest BCUT2D eigenvalue weighted by Gasteiger charge is 2.32. The van der Waals surface area contributed by atoms with Crippen LogP contribution >= 0.6 is 23.4 Å². The van der Waals surface area contributed by atoms with Crippen molar-refractivity contribution in [1.82, 2.24) is 4.90 Å². The lowest BCUT2D eigenvalue weighted by Gasteiger charge is -2.24. The Bertz CT molecular complexity index is 1100. The molecule has 1 fully saturated rings. The number of hydrogen-bond acceptors (Lipinski definition) is 4. The van der Waals surface area contributed by atoms with Gasteiger partial charge in [0.2, 0.25) is 5.91 Å². The van der Waals surface area contributed by atoms with Crippen molar-refractivity contribution in [2.75, 3.05) is 17.7 Å². The first-order chi connectivity index (χ1) is 15.5. The predicted octanol–water partition coefficient (Wildman–Crippen LogP) is 5.77. The summed E-state index contributed by atoms with van der Waals surface area (Å²) in [7, 11) is 0. The topological polar surface area (TPSA) is 58.6 Å². The SMILES string of the molecule is CCOc1cccc(NC(=O)c2ccc([C@@H]3SCC(=O)N3Cc3ccc(Cl)cc3)cc2)c1. The van der Waals surface area contributed by atoms with Gasteiger partial charge in [-0.2, -0.15) is 0 Å². The van der Waals surface area contributed by atoms with Crippen molar-refractivity contribution in [3.8, 4) is 5.75 Å². The Labute approximate surface area is 196 Å². The second-order valence-corrected chi connectivity index (χ2v) is 8.85. The molecule has 0 spiro atoms. The number of rotatable bonds is 7. The zero-order valence-corrected chi connectivity index (χ0v) is 19.2. The van der Waals surface area contributed by atoms with Crippen LogP contribution in [0.2, 0.25) is 5.02 Å². The number of hydrogen-bond donors (Lipinski definition) is 1. The summed E-state index contributed by atoms with van der Waals surface area (Å²) in [5, 5.41) is 3.49. The number of anilines is 1. The first-order valence-electron chi connectivity index (χ1n) is 10.3. The monoisotopic (exact) mass is 466 g/mol. The molecule has 1 aliphatic heterocycles. The number of carbonyl (C=O) groups is 2. The fourth-order valence-electron chi connectivity index (χ4n) is 3.52. The zero-order valence-electron chi connectivity index (χ0n) is 17.6. The Morgan fingerprint density at radius 3 is 2.59 bits per heavy atom. The summed E-state index contributed by atoms with van der Waals surface area (Å²) in [6.45, 7) is 3.00. The average molecular weight is 467 g/mol. The van der Waals surface area contributed by atoms with E-state index in [1.807, 2.05) is 66.4 Å². The lowest BCUT2D eigenvalue weighted by molar-refractivity contribution is -0.128. The molecule has 1 aliphatic rings. The molecule has 0 saturated carbocycles. The molecule has 1 atom stereocenters. The zero-order chi connectivity index (χ0) is 22.5. The molecule has 0 aliphatic carbocycles. The van der Waals surface area contributed by atoms with Crippen molar-refractivity contribution < 1.29 is 14.3 Å². The van der Waals surface area contributed by atoms with Crippen molar-refractivity contribution in [2.45, 2.75) is 18.8 Å². The van der Waals surface area contributed by atoms with Gasteiger partial charge in [0.15, 0.2) is 0 Å². The van der Waals surface area contributed by atoms with E-state index in [0.29, 0.717) is 40.9 Å².